The van der Waals surface area contributed by atoms with Crippen LogP contribution in [-0.4, -0.2) is 0 Å². The molecule has 2 aromatic heterocycles. The molecule has 0 fully saturated rings. The van der Waals surface area contributed by atoms with Crippen LogP contribution in [0.25, 0.3) is 29.6 Å². The summed E-state index contributed by atoms with van der Waals surface area (Å²) in [5.41, 5.74) is 1.48. The molecule has 0 nitrogen and oxygen atoms in total. The Morgan fingerprint density at radius 3 is 2.29 bits per heavy atom. The van der Waals surface area contributed by atoms with Gasteiger partial charge in [-0.1, -0.05) is 31.5 Å². The van der Waals surface area contributed by atoms with Crippen molar-refractivity contribution in [3.05, 3.63) is 45.5 Å². The lowest BCUT2D eigenvalue weighted by molar-refractivity contribution is 0.796. The Bertz CT molecular complexity index is 946. The molecule has 0 aliphatic carbocycles. The van der Waals surface area contributed by atoms with Crippen LogP contribution in [0.15, 0.2) is 36.4 Å². The maximum Gasteiger partial charge on any atom is 0.0542 e. The van der Waals surface area contributed by atoms with Gasteiger partial charge in [0.05, 0.1) is 9.40 Å². The van der Waals surface area contributed by atoms with Crippen molar-refractivity contribution >= 4 is 74.8 Å². The zero-order chi connectivity index (χ0) is 14.4. The Hall–Kier alpha value is -0.650. The van der Waals surface area contributed by atoms with E-state index in [1.807, 2.05) is 22.7 Å². The van der Waals surface area contributed by atoms with Gasteiger partial charge in [-0.2, -0.15) is 0 Å². The van der Waals surface area contributed by atoms with Crippen LogP contribution < -0.4 is 0 Å². The molecule has 0 spiro atoms. The fourth-order valence-corrected chi connectivity index (χ4v) is 6.27. The van der Waals surface area contributed by atoms with E-state index < -0.39 is 0 Å². The molecule has 0 saturated carbocycles. The first kappa shape index (κ1) is 14.0. The molecule has 106 valence electrons. The van der Waals surface area contributed by atoms with Gasteiger partial charge in [0, 0.05) is 23.7 Å². The van der Waals surface area contributed by atoms with Crippen molar-refractivity contribution in [1.29, 1.82) is 0 Å². The molecule has 3 heteroatoms. The summed E-state index contributed by atoms with van der Waals surface area (Å²) >= 11 is 6.30. The minimum atomic E-state index is 1.21. The molecular weight excluding hydrogens is 407 g/mol. The molecule has 0 amide bonds. The highest BCUT2D eigenvalue weighted by atomic mass is 127. The smallest absolute Gasteiger partial charge is 0.0542 e. The Kier molecular flexibility index (Phi) is 3.67. The number of aryl methyl sites for hydroxylation is 1. The topological polar surface area (TPSA) is 0 Å². The second-order valence-corrected chi connectivity index (χ2v) is 8.79. The first-order valence-corrected chi connectivity index (χ1v) is 10.0. The molecule has 0 N–H and O–H groups in total. The lowest BCUT2D eigenvalue weighted by atomic mass is 10.1. The molecule has 4 rings (SSSR count). The van der Waals surface area contributed by atoms with Crippen LogP contribution in [0.4, 0.5) is 0 Å². The summed E-state index contributed by atoms with van der Waals surface area (Å²) < 4.78 is 7.12. The van der Waals surface area contributed by atoms with Crippen LogP contribution in [0.1, 0.15) is 25.3 Å². The highest BCUT2D eigenvalue weighted by molar-refractivity contribution is 14.1. The van der Waals surface area contributed by atoms with Crippen LogP contribution in [0.5, 0.6) is 0 Å². The van der Waals surface area contributed by atoms with Gasteiger partial charge >= 0.3 is 0 Å². The third kappa shape index (κ3) is 2.39. The van der Waals surface area contributed by atoms with E-state index in [0.717, 1.165) is 0 Å². The summed E-state index contributed by atoms with van der Waals surface area (Å²) in [5, 5.41) is 2.86. The highest BCUT2D eigenvalue weighted by Gasteiger charge is 2.12. The molecule has 2 heterocycles. The van der Waals surface area contributed by atoms with Crippen molar-refractivity contribution in [3.8, 4) is 0 Å². The maximum absolute atomic E-state index is 2.40. The van der Waals surface area contributed by atoms with Gasteiger partial charge in [-0.05, 0) is 59.2 Å². The van der Waals surface area contributed by atoms with Gasteiger partial charge in [0.1, 0.15) is 0 Å². The number of halogens is 1. The average Bonchev–Trinajstić information content (AvgIpc) is 2.99. The second kappa shape index (κ2) is 5.52. The molecule has 0 radical (unpaired) electrons. The molecular formula is C18H15IS2. The number of thiophene rings is 2. The lowest BCUT2D eigenvalue weighted by Gasteiger charge is -1.99. The first-order valence-electron chi connectivity index (χ1n) is 7.29. The van der Waals surface area contributed by atoms with Gasteiger partial charge in [0.2, 0.25) is 0 Å². The summed E-state index contributed by atoms with van der Waals surface area (Å²) in [7, 11) is 0. The van der Waals surface area contributed by atoms with Crippen molar-refractivity contribution in [1.82, 2.24) is 0 Å². The van der Waals surface area contributed by atoms with Gasteiger partial charge in [-0.15, -0.1) is 22.7 Å². The second-order valence-electron chi connectivity index (χ2n) is 5.44. The molecule has 2 aromatic carbocycles. The van der Waals surface area contributed by atoms with Gasteiger partial charge < -0.3 is 0 Å². The minimum Gasteiger partial charge on any atom is -0.134 e. The quantitative estimate of drug-likeness (QED) is 0.306. The molecule has 0 bridgehead atoms. The van der Waals surface area contributed by atoms with E-state index in [0.29, 0.717) is 0 Å². The van der Waals surface area contributed by atoms with E-state index in [2.05, 4.69) is 65.9 Å². The Morgan fingerprint density at radius 1 is 0.905 bits per heavy atom. The normalized spacial score (nSPS) is 11.9. The standard InChI is InChI=1S/C18H15IS2/c1-2-3-4-11-5-7-13-15(9-11)20-18-14-8-6-12(19)10-16(14)21-17(13)18/h5-10H,2-4H2,1H3. The van der Waals surface area contributed by atoms with E-state index in [1.165, 1.54) is 58.0 Å². The highest BCUT2D eigenvalue weighted by Crippen LogP contribution is 2.44. The van der Waals surface area contributed by atoms with Gasteiger partial charge in [-0.3, -0.25) is 0 Å². The third-order valence-corrected chi connectivity index (χ3v) is 7.10. The number of benzene rings is 2. The monoisotopic (exact) mass is 422 g/mol. The van der Waals surface area contributed by atoms with Crippen molar-refractivity contribution in [2.75, 3.05) is 0 Å². The zero-order valence-electron chi connectivity index (χ0n) is 11.8. The van der Waals surface area contributed by atoms with Crippen molar-refractivity contribution < 1.29 is 0 Å². The summed E-state index contributed by atoms with van der Waals surface area (Å²) in [5.74, 6) is 0. The largest absolute Gasteiger partial charge is 0.134 e. The minimum absolute atomic E-state index is 1.21. The third-order valence-electron chi connectivity index (χ3n) is 3.93. The Labute approximate surface area is 145 Å². The molecule has 0 atom stereocenters. The number of rotatable bonds is 3. The van der Waals surface area contributed by atoms with Crippen LogP contribution in [0.3, 0.4) is 0 Å². The number of unbranched alkanes of at least 4 members (excludes halogenated alkanes) is 1. The Morgan fingerprint density at radius 2 is 1.57 bits per heavy atom. The molecule has 21 heavy (non-hydrogen) atoms. The maximum atomic E-state index is 2.40. The summed E-state index contributed by atoms with van der Waals surface area (Å²) in [4.78, 5) is 0. The van der Waals surface area contributed by atoms with Gasteiger partial charge in [-0.25, -0.2) is 0 Å². The van der Waals surface area contributed by atoms with E-state index >= 15 is 0 Å². The fraction of sp³-hybridized carbons (Fsp3) is 0.222. The van der Waals surface area contributed by atoms with Crippen LogP contribution in [0, 0.1) is 3.57 Å². The number of hydrogen-bond donors (Lipinski definition) is 0. The SMILES string of the molecule is CCCCc1ccc2c(c1)sc1c3ccc(I)cc3sc21. The lowest BCUT2D eigenvalue weighted by Crippen LogP contribution is -1.82. The molecule has 0 aliphatic rings. The number of fused-ring (bicyclic) bond motifs is 5. The molecule has 0 aliphatic heterocycles. The van der Waals surface area contributed by atoms with Crippen LogP contribution >= 0.6 is 45.3 Å². The van der Waals surface area contributed by atoms with E-state index in [-0.39, 0.29) is 0 Å². The predicted molar refractivity (Wildman–Crippen MR) is 106 cm³/mol. The van der Waals surface area contributed by atoms with Crippen molar-refractivity contribution in [3.63, 3.8) is 0 Å². The van der Waals surface area contributed by atoms with E-state index in [1.54, 1.807) is 0 Å². The molecule has 4 aromatic rings. The van der Waals surface area contributed by atoms with E-state index in [9.17, 15) is 0 Å². The molecule has 0 unspecified atom stereocenters. The summed E-state index contributed by atoms with van der Waals surface area (Å²) in [6.07, 6.45) is 3.75. The fourth-order valence-electron chi connectivity index (χ4n) is 2.81. The first-order chi connectivity index (χ1) is 10.3. The number of hydrogen-bond acceptors (Lipinski definition) is 2. The molecule has 0 saturated heterocycles. The predicted octanol–water partition coefficient (Wildman–Crippen LogP) is 7.22. The summed E-state index contributed by atoms with van der Waals surface area (Å²) in [6, 6.07) is 13.9. The average molecular weight is 422 g/mol. The van der Waals surface area contributed by atoms with Crippen molar-refractivity contribution in [2.24, 2.45) is 0 Å². The van der Waals surface area contributed by atoms with Crippen molar-refractivity contribution in [2.45, 2.75) is 26.2 Å². The van der Waals surface area contributed by atoms with Crippen LogP contribution in [-0.2, 0) is 6.42 Å². The summed E-state index contributed by atoms with van der Waals surface area (Å²) in [6.45, 7) is 2.26. The van der Waals surface area contributed by atoms with Gasteiger partial charge in [0.25, 0.3) is 0 Å². The van der Waals surface area contributed by atoms with E-state index in [4.69, 9.17) is 0 Å². The van der Waals surface area contributed by atoms with Crippen LogP contribution in [0.2, 0.25) is 0 Å². The zero-order valence-corrected chi connectivity index (χ0v) is 15.6. The Balaban J connectivity index is 1.94. The van der Waals surface area contributed by atoms with Gasteiger partial charge in [0.15, 0.2) is 0 Å².